The van der Waals surface area contributed by atoms with Crippen LogP contribution in [-0.2, 0) is 4.79 Å². The highest BCUT2D eigenvalue weighted by Gasteiger charge is 2.04. The molecule has 0 aliphatic rings. The molecular weight excluding hydrogens is 235 g/mol. The van der Waals surface area contributed by atoms with Crippen LogP contribution >= 0.6 is 0 Å². The molecule has 0 spiro atoms. The number of Topliss-reactive ketones (excluding diaryl/α,β-unsaturated/α-hetero) is 1. The van der Waals surface area contributed by atoms with Crippen LogP contribution in [0.4, 0.5) is 4.39 Å². The normalized spacial score (nSPS) is 9.83. The van der Waals surface area contributed by atoms with E-state index in [9.17, 15) is 14.0 Å². The lowest BCUT2D eigenvalue weighted by Crippen LogP contribution is -1.98. The van der Waals surface area contributed by atoms with Gasteiger partial charge in [-0.3, -0.25) is 9.59 Å². The molecule has 0 heterocycles. The highest BCUT2D eigenvalue weighted by Crippen LogP contribution is 2.21. The molecule has 4 heteroatoms. The van der Waals surface area contributed by atoms with Crippen molar-refractivity contribution in [3.8, 4) is 11.5 Å². The van der Waals surface area contributed by atoms with Gasteiger partial charge in [0.05, 0.1) is 0 Å². The Bertz CT molecular complexity index is 559. The minimum atomic E-state index is -0.580. The third-order valence-corrected chi connectivity index (χ3v) is 2.30. The van der Waals surface area contributed by atoms with Crippen molar-refractivity contribution in [2.45, 2.75) is 0 Å². The summed E-state index contributed by atoms with van der Waals surface area (Å²) < 4.78 is 18.1. The second-order valence-electron chi connectivity index (χ2n) is 3.56. The molecule has 0 N–H and O–H groups in total. The first-order valence-corrected chi connectivity index (χ1v) is 5.22. The smallest absolute Gasteiger partial charge is 0.225 e. The lowest BCUT2D eigenvalue weighted by atomic mass is 10.1. The molecule has 0 atom stereocenters. The van der Waals surface area contributed by atoms with E-state index in [-0.39, 0.29) is 12.1 Å². The van der Waals surface area contributed by atoms with E-state index in [1.165, 1.54) is 36.4 Å². The molecule has 0 saturated heterocycles. The number of hydrogen-bond donors (Lipinski definition) is 0. The fourth-order valence-corrected chi connectivity index (χ4v) is 1.39. The van der Waals surface area contributed by atoms with E-state index in [0.29, 0.717) is 17.1 Å². The summed E-state index contributed by atoms with van der Waals surface area (Å²) in [5.41, 5.74) is 0.302. The van der Waals surface area contributed by atoms with Gasteiger partial charge in [0.2, 0.25) is 5.78 Å². The molecule has 2 aromatic rings. The maximum Gasteiger partial charge on any atom is 0.225 e. The highest BCUT2D eigenvalue weighted by molar-refractivity contribution is 6.33. The summed E-state index contributed by atoms with van der Waals surface area (Å²) in [5, 5.41) is 0. The van der Waals surface area contributed by atoms with Crippen molar-refractivity contribution in [3.05, 3.63) is 59.9 Å². The van der Waals surface area contributed by atoms with Crippen LogP contribution in [0.15, 0.2) is 48.5 Å². The topological polar surface area (TPSA) is 43.4 Å². The molecule has 3 nitrogen and oxygen atoms in total. The molecule has 2 aromatic carbocycles. The molecule has 0 radical (unpaired) electrons. The lowest BCUT2D eigenvalue weighted by Gasteiger charge is -2.05. The van der Waals surface area contributed by atoms with Gasteiger partial charge < -0.3 is 4.74 Å². The Kier molecular flexibility index (Phi) is 3.48. The molecule has 0 unspecified atom stereocenters. The van der Waals surface area contributed by atoms with Gasteiger partial charge in [0.15, 0.2) is 6.29 Å². The van der Waals surface area contributed by atoms with Crippen LogP contribution in [0.25, 0.3) is 0 Å². The van der Waals surface area contributed by atoms with E-state index in [1.807, 2.05) is 0 Å². The zero-order valence-corrected chi connectivity index (χ0v) is 9.30. The first kappa shape index (κ1) is 12.0. The molecule has 18 heavy (non-hydrogen) atoms. The average Bonchev–Trinajstić information content (AvgIpc) is 2.41. The molecule has 0 amide bonds. The minimum absolute atomic E-state index is 0.260. The van der Waals surface area contributed by atoms with Gasteiger partial charge in [0, 0.05) is 5.56 Å². The quantitative estimate of drug-likeness (QED) is 0.471. The minimum Gasteiger partial charge on any atom is -0.457 e. The first-order chi connectivity index (χ1) is 8.69. The maximum absolute atomic E-state index is 12.7. The Morgan fingerprint density at radius 1 is 0.944 bits per heavy atom. The third-order valence-electron chi connectivity index (χ3n) is 2.30. The van der Waals surface area contributed by atoms with Crippen molar-refractivity contribution in [2.75, 3.05) is 0 Å². The molecule has 90 valence electrons. The second-order valence-corrected chi connectivity index (χ2v) is 3.56. The number of benzene rings is 2. The van der Waals surface area contributed by atoms with Gasteiger partial charge in [0.25, 0.3) is 0 Å². The monoisotopic (exact) mass is 244 g/mol. The predicted molar refractivity (Wildman–Crippen MR) is 63.3 cm³/mol. The Hall–Kier alpha value is -2.49. The van der Waals surface area contributed by atoms with E-state index in [4.69, 9.17) is 4.74 Å². The summed E-state index contributed by atoms with van der Waals surface area (Å²) in [5.74, 6) is 0.0764. The predicted octanol–water partition coefficient (Wildman–Crippen LogP) is 3.00. The zero-order valence-electron chi connectivity index (χ0n) is 9.30. The highest BCUT2D eigenvalue weighted by atomic mass is 19.1. The van der Waals surface area contributed by atoms with Crippen LogP contribution < -0.4 is 4.74 Å². The number of carbonyl (C=O) groups excluding carboxylic acids is 2. The number of carbonyl (C=O) groups is 2. The summed E-state index contributed by atoms with van der Waals surface area (Å²) in [6.45, 7) is 0. The molecule has 0 fully saturated rings. The number of ether oxygens (including phenoxy) is 1. The lowest BCUT2D eigenvalue weighted by molar-refractivity contribution is -0.104. The molecule has 0 aliphatic heterocycles. The van der Waals surface area contributed by atoms with Crippen LogP contribution in [0.2, 0.25) is 0 Å². The number of rotatable bonds is 4. The van der Waals surface area contributed by atoms with Crippen LogP contribution in [0.1, 0.15) is 10.4 Å². The van der Waals surface area contributed by atoms with Crippen molar-refractivity contribution in [1.29, 1.82) is 0 Å². The van der Waals surface area contributed by atoms with E-state index >= 15 is 0 Å². The van der Waals surface area contributed by atoms with Crippen molar-refractivity contribution in [2.24, 2.45) is 0 Å². The van der Waals surface area contributed by atoms with E-state index < -0.39 is 5.78 Å². The Morgan fingerprint density at radius 3 is 1.94 bits per heavy atom. The van der Waals surface area contributed by atoms with Crippen LogP contribution in [-0.4, -0.2) is 12.1 Å². The zero-order chi connectivity index (χ0) is 13.0. The van der Waals surface area contributed by atoms with Gasteiger partial charge in [-0.25, -0.2) is 4.39 Å². The molecule has 0 aromatic heterocycles. The third kappa shape index (κ3) is 2.79. The fraction of sp³-hybridized carbons (Fsp3) is 0. The van der Waals surface area contributed by atoms with E-state index in [1.54, 1.807) is 12.1 Å². The summed E-state index contributed by atoms with van der Waals surface area (Å²) in [6.07, 6.45) is 0.260. The molecule has 0 bridgehead atoms. The van der Waals surface area contributed by atoms with Gasteiger partial charge in [-0.2, -0.15) is 0 Å². The fourth-order valence-electron chi connectivity index (χ4n) is 1.39. The summed E-state index contributed by atoms with van der Waals surface area (Å²) in [7, 11) is 0. The second kappa shape index (κ2) is 5.23. The number of hydrogen-bond acceptors (Lipinski definition) is 3. The van der Waals surface area contributed by atoms with Gasteiger partial charge in [-0.05, 0) is 48.5 Å². The van der Waals surface area contributed by atoms with Gasteiger partial charge in [0.1, 0.15) is 17.3 Å². The number of halogens is 1. The maximum atomic E-state index is 12.7. The Balaban J connectivity index is 2.13. The molecule has 0 saturated carbocycles. The van der Waals surface area contributed by atoms with E-state index in [2.05, 4.69) is 0 Å². The van der Waals surface area contributed by atoms with Gasteiger partial charge in [-0.1, -0.05) is 0 Å². The summed E-state index contributed by atoms with van der Waals surface area (Å²) in [6, 6.07) is 11.7. The number of ketones is 1. The van der Waals surface area contributed by atoms with Gasteiger partial charge >= 0.3 is 0 Å². The number of aldehydes is 1. The SMILES string of the molecule is O=CC(=O)c1ccc(Oc2ccc(F)cc2)cc1. The molecule has 2 rings (SSSR count). The van der Waals surface area contributed by atoms with Gasteiger partial charge in [-0.15, -0.1) is 0 Å². The standard InChI is InChI=1S/C14H9FO3/c15-11-3-7-13(8-4-11)18-12-5-1-10(2-6-12)14(17)9-16/h1-9H. The van der Waals surface area contributed by atoms with Crippen molar-refractivity contribution >= 4 is 12.1 Å². The van der Waals surface area contributed by atoms with Crippen molar-refractivity contribution < 1.29 is 18.7 Å². The molecule has 0 aliphatic carbocycles. The van der Waals surface area contributed by atoms with Crippen LogP contribution in [0, 0.1) is 5.82 Å². The van der Waals surface area contributed by atoms with Crippen LogP contribution in [0.5, 0.6) is 11.5 Å². The summed E-state index contributed by atoms with van der Waals surface area (Å²) >= 11 is 0. The van der Waals surface area contributed by atoms with Crippen molar-refractivity contribution in [1.82, 2.24) is 0 Å². The largest absolute Gasteiger partial charge is 0.457 e. The molecular formula is C14H9FO3. The summed E-state index contributed by atoms with van der Waals surface area (Å²) in [4.78, 5) is 21.4. The first-order valence-electron chi connectivity index (χ1n) is 5.22. The van der Waals surface area contributed by atoms with Crippen LogP contribution in [0.3, 0.4) is 0 Å². The Labute approximate surface area is 103 Å². The van der Waals surface area contributed by atoms with E-state index in [0.717, 1.165) is 0 Å². The van der Waals surface area contributed by atoms with Crippen molar-refractivity contribution in [3.63, 3.8) is 0 Å². The average molecular weight is 244 g/mol. The Morgan fingerprint density at radius 2 is 1.44 bits per heavy atom.